The van der Waals surface area contributed by atoms with Gasteiger partial charge in [-0.15, -0.1) is 6.42 Å². The van der Waals surface area contributed by atoms with E-state index in [0.717, 1.165) is 0 Å². The molecule has 0 N–H and O–H groups in total. The maximum Gasteiger partial charge on any atom is 0.279 e. The van der Waals surface area contributed by atoms with Crippen LogP contribution in [0.3, 0.4) is 0 Å². The lowest BCUT2D eigenvalue weighted by molar-refractivity contribution is 0.0997. The minimum atomic E-state index is -0.471. The Labute approximate surface area is 166 Å². The second kappa shape index (κ2) is 8.72. The molecule has 0 spiro atoms. The van der Waals surface area contributed by atoms with Gasteiger partial charge in [-0.05, 0) is 44.2 Å². The summed E-state index contributed by atoms with van der Waals surface area (Å²) in [5.41, 5.74) is 0.691. The van der Waals surface area contributed by atoms with Crippen molar-refractivity contribution < 1.29 is 18.7 Å². The van der Waals surface area contributed by atoms with Crippen LogP contribution in [0.2, 0.25) is 0 Å². The molecule has 0 fully saturated rings. The predicted molar refractivity (Wildman–Crippen MR) is 107 cm³/mol. The summed E-state index contributed by atoms with van der Waals surface area (Å²) in [4.78, 5) is 17.3. The highest BCUT2D eigenvalue weighted by atomic mass is 32.1. The first-order chi connectivity index (χ1) is 13.6. The van der Waals surface area contributed by atoms with Crippen LogP contribution in [0.1, 0.15) is 24.2 Å². The maximum atomic E-state index is 14.3. The smallest absolute Gasteiger partial charge is 0.279 e. The summed E-state index contributed by atoms with van der Waals surface area (Å²) in [5.74, 6) is 2.65. The van der Waals surface area contributed by atoms with Crippen molar-refractivity contribution in [2.45, 2.75) is 20.4 Å². The molecule has 0 aliphatic rings. The number of fused-ring (bicyclic) bond motifs is 1. The Morgan fingerprint density at radius 1 is 1.21 bits per heavy atom. The molecule has 2 aromatic carbocycles. The third-order valence-corrected chi connectivity index (χ3v) is 4.93. The molecule has 144 valence electrons. The Morgan fingerprint density at radius 2 is 1.96 bits per heavy atom. The lowest BCUT2D eigenvalue weighted by Gasteiger charge is -2.11. The zero-order chi connectivity index (χ0) is 20.1. The summed E-state index contributed by atoms with van der Waals surface area (Å²) in [5, 5.41) is 0. The SMILES string of the molecule is C#CCn1c(=NC(=O)c2ccc(OCC)c(OCC)c2)sc2cccc(F)c21. The van der Waals surface area contributed by atoms with E-state index in [2.05, 4.69) is 10.9 Å². The van der Waals surface area contributed by atoms with Gasteiger partial charge in [0.15, 0.2) is 16.3 Å². The number of nitrogens with zero attached hydrogens (tertiary/aromatic N) is 2. The van der Waals surface area contributed by atoms with E-state index in [4.69, 9.17) is 15.9 Å². The van der Waals surface area contributed by atoms with Gasteiger partial charge in [-0.3, -0.25) is 4.79 Å². The largest absolute Gasteiger partial charge is 0.490 e. The zero-order valence-electron chi connectivity index (χ0n) is 15.6. The van der Waals surface area contributed by atoms with Gasteiger partial charge in [0.05, 0.1) is 30.0 Å². The predicted octanol–water partition coefficient (Wildman–Crippen LogP) is 4.01. The van der Waals surface area contributed by atoms with Crippen LogP contribution in [0, 0.1) is 18.2 Å². The summed E-state index contributed by atoms with van der Waals surface area (Å²) >= 11 is 1.21. The molecular formula is C21H19FN2O3S. The van der Waals surface area contributed by atoms with Crippen LogP contribution >= 0.6 is 11.3 Å². The topological polar surface area (TPSA) is 52.8 Å². The zero-order valence-corrected chi connectivity index (χ0v) is 16.4. The minimum Gasteiger partial charge on any atom is -0.490 e. The molecule has 0 aliphatic carbocycles. The van der Waals surface area contributed by atoms with Crippen LogP contribution in [0.5, 0.6) is 11.5 Å². The molecule has 0 atom stereocenters. The Bertz CT molecular complexity index is 1120. The molecule has 0 saturated heterocycles. The van der Waals surface area contributed by atoms with Crippen molar-refractivity contribution >= 4 is 27.5 Å². The number of benzene rings is 2. The lowest BCUT2D eigenvalue weighted by atomic mass is 10.2. The summed E-state index contributed by atoms with van der Waals surface area (Å²) in [6.07, 6.45) is 5.42. The van der Waals surface area contributed by atoms with E-state index in [0.29, 0.717) is 45.3 Å². The Morgan fingerprint density at radius 3 is 2.68 bits per heavy atom. The van der Waals surface area contributed by atoms with Crippen LogP contribution < -0.4 is 14.3 Å². The molecule has 1 aromatic heterocycles. The average molecular weight is 398 g/mol. The Kier molecular flexibility index (Phi) is 6.12. The first-order valence-corrected chi connectivity index (χ1v) is 9.60. The fraction of sp³-hybridized carbons (Fsp3) is 0.238. The molecule has 0 aliphatic heterocycles. The van der Waals surface area contributed by atoms with Crippen molar-refractivity contribution in [3.63, 3.8) is 0 Å². The number of rotatable bonds is 6. The van der Waals surface area contributed by atoms with Crippen LogP contribution in [0.4, 0.5) is 4.39 Å². The number of hydrogen-bond donors (Lipinski definition) is 0. The first-order valence-electron chi connectivity index (χ1n) is 8.79. The first kappa shape index (κ1) is 19.6. The third-order valence-electron chi connectivity index (χ3n) is 3.89. The normalized spacial score (nSPS) is 11.4. The highest BCUT2D eigenvalue weighted by molar-refractivity contribution is 7.16. The number of thiazole rings is 1. The summed E-state index contributed by atoms with van der Waals surface area (Å²) in [6.45, 7) is 4.75. The second-order valence-electron chi connectivity index (χ2n) is 5.71. The Balaban J connectivity index is 2.08. The highest BCUT2D eigenvalue weighted by Gasteiger charge is 2.14. The number of halogens is 1. The molecule has 0 radical (unpaired) electrons. The summed E-state index contributed by atoms with van der Waals surface area (Å²) < 4.78 is 27.5. The molecular weight excluding hydrogens is 379 g/mol. The number of amides is 1. The van der Waals surface area contributed by atoms with E-state index in [1.807, 2.05) is 13.8 Å². The molecule has 5 nitrogen and oxygen atoms in total. The van der Waals surface area contributed by atoms with E-state index in [9.17, 15) is 9.18 Å². The number of para-hydroxylation sites is 1. The second-order valence-corrected chi connectivity index (χ2v) is 6.72. The maximum absolute atomic E-state index is 14.3. The molecule has 1 amide bonds. The van der Waals surface area contributed by atoms with Gasteiger partial charge < -0.3 is 14.0 Å². The van der Waals surface area contributed by atoms with Crippen molar-refractivity contribution in [2.24, 2.45) is 4.99 Å². The number of hydrogen-bond acceptors (Lipinski definition) is 4. The number of terminal acetylenes is 1. The summed E-state index contributed by atoms with van der Waals surface area (Å²) in [6, 6.07) is 9.63. The monoisotopic (exact) mass is 398 g/mol. The molecule has 0 saturated carbocycles. The molecule has 0 unspecified atom stereocenters. The van der Waals surface area contributed by atoms with Gasteiger partial charge >= 0.3 is 0 Å². The minimum absolute atomic E-state index is 0.112. The van der Waals surface area contributed by atoms with Crippen LogP contribution in [0.25, 0.3) is 10.2 Å². The van der Waals surface area contributed by atoms with Gasteiger partial charge in [0.2, 0.25) is 0 Å². The van der Waals surface area contributed by atoms with Gasteiger partial charge in [0.1, 0.15) is 5.82 Å². The van der Waals surface area contributed by atoms with Gasteiger partial charge in [-0.1, -0.05) is 23.3 Å². The molecule has 7 heteroatoms. The van der Waals surface area contributed by atoms with Crippen molar-refractivity contribution in [2.75, 3.05) is 13.2 Å². The van der Waals surface area contributed by atoms with Gasteiger partial charge in [-0.25, -0.2) is 4.39 Å². The highest BCUT2D eigenvalue weighted by Crippen LogP contribution is 2.29. The fourth-order valence-electron chi connectivity index (χ4n) is 2.75. The molecule has 3 aromatic rings. The molecule has 3 rings (SSSR count). The Hall–Kier alpha value is -3.11. The number of carbonyl (C=O) groups is 1. The van der Waals surface area contributed by atoms with Crippen LogP contribution in [-0.4, -0.2) is 23.7 Å². The van der Waals surface area contributed by atoms with Crippen molar-refractivity contribution in [3.05, 3.63) is 52.6 Å². The van der Waals surface area contributed by atoms with Gasteiger partial charge in [0.25, 0.3) is 5.91 Å². The molecule has 1 heterocycles. The van der Waals surface area contributed by atoms with Crippen LogP contribution in [0.15, 0.2) is 41.4 Å². The van der Waals surface area contributed by atoms with E-state index < -0.39 is 11.7 Å². The van der Waals surface area contributed by atoms with E-state index in [-0.39, 0.29) is 6.54 Å². The number of carbonyl (C=O) groups excluding carboxylic acids is 1. The molecule has 28 heavy (non-hydrogen) atoms. The van der Waals surface area contributed by atoms with Gasteiger partial charge in [0, 0.05) is 5.56 Å². The van der Waals surface area contributed by atoms with Crippen molar-refractivity contribution in [1.29, 1.82) is 0 Å². The molecule has 0 bridgehead atoms. The quantitative estimate of drug-likeness (QED) is 0.590. The lowest BCUT2D eigenvalue weighted by Crippen LogP contribution is -2.17. The number of aromatic nitrogens is 1. The van der Waals surface area contributed by atoms with E-state index in [1.54, 1.807) is 30.3 Å². The fourth-order valence-corrected chi connectivity index (χ4v) is 3.79. The van der Waals surface area contributed by atoms with Crippen LogP contribution in [-0.2, 0) is 6.54 Å². The van der Waals surface area contributed by atoms with E-state index in [1.165, 1.54) is 22.0 Å². The van der Waals surface area contributed by atoms with Crippen molar-refractivity contribution in [1.82, 2.24) is 4.57 Å². The standard InChI is InChI=1S/C21H19FN2O3S/c1-4-12-24-19-15(22)8-7-9-18(19)28-21(24)23-20(25)14-10-11-16(26-5-2)17(13-14)27-6-3/h1,7-11,13H,5-6,12H2,2-3H3. The number of ether oxygens (including phenoxy) is 2. The van der Waals surface area contributed by atoms with E-state index >= 15 is 0 Å². The van der Waals surface area contributed by atoms with Crippen molar-refractivity contribution in [3.8, 4) is 23.8 Å². The average Bonchev–Trinajstić information content (AvgIpc) is 3.02. The third kappa shape index (κ3) is 3.92. The van der Waals surface area contributed by atoms with Gasteiger partial charge in [-0.2, -0.15) is 4.99 Å². The summed E-state index contributed by atoms with van der Waals surface area (Å²) in [7, 11) is 0.